The maximum absolute atomic E-state index is 12.0. The second-order valence-electron chi connectivity index (χ2n) is 3.14. The number of carbonyl (C=O) groups is 1. The number of alkyl halides is 3. The van der Waals surface area contributed by atoms with Crippen molar-refractivity contribution >= 4 is 17.3 Å². The predicted molar refractivity (Wildman–Crippen MR) is 53.9 cm³/mol. The Morgan fingerprint density at radius 2 is 2.00 bits per heavy atom. The maximum Gasteiger partial charge on any atom is 0.405 e. The Kier molecular flexibility index (Phi) is 3.26. The molecule has 0 saturated carbocycles. The molecule has 7 heteroatoms. The Morgan fingerprint density at radius 3 is 2.50 bits per heavy atom. The number of rotatable bonds is 3. The SMILES string of the molecule is NC(=O)c1ccc(N)cc1NCC(F)(F)F. The lowest BCUT2D eigenvalue weighted by atomic mass is 10.1. The number of amides is 1. The van der Waals surface area contributed by atoms with Crippen LogP contribution in [0.5, 0.6) is 0 Å². The van der Waals surface area contributed by atoms with E-state index in [9.17, 15) is 18.0 Å². The minimum atomic E-state index is -4.38. The van der Waals surface area contributed by atoms with Crippen LogP contribution in [0.25, 0.3) is 0 Å². The van der Waals surface area contributed by atoms with Crippen molar-refractivity contribution in [1.29, 1.82) is 0 Å². The number of hydrogen-bond donors (Lipinski definition) is 3. The second-order valence-corrected chi connectivity index (χ2v) is 3.14. The number of hydrogen-bond acceptors (Lipinski definition) is 3. The second kappa shape index (κ2) is 4.30. The third kappa shape index (κ3) is 3.34. The van der Waals surface area contributed by atoms with E-state index in [4.69, 9.17) is 11.5 Å². The number of carbonyl (C=O) groups excluding carboxylic acids is 1. The van der Waals surface area contributed by atoms with Gasteiger partial charge in [-0.2, -0.15) is 13.2 Å². The molecule has 5 N–H and O–H groups in total. The molecular weight excluding hydrogens is 223 g/mol. The molecule has 0 unspecified atom stereocenters. The molecule has 0 bridgehead atoms. The highest BCUT2D eigenvalue weighted by molar-refractivity contribution is 5.99. The molecule has 0 aliphatic rings. The molecular formula is C9H10F3N3O. The topological polar surface area (TPSA) is 81.1 Å². The Hall–Kier alpha value is -1.92. The average molecular weight is 233 g/mol. The van der Waals surface area contributed by atoms with Crippen LogP contribution < -0.4 is 16.8 Å². The minimum absolute atomic E-state index is 0.0233. The van der Waals surface area contributed by atoms with E-state index in [1.165, 1.54) is 18.2 Å². The monoisotopic (exact) mass is 233 g/mol. The number of nitrogens with one attached hydrogen (secondary N) is 1. The number of halogens is 3. The molecule has 0 aliphatic carbocycles. The first kappa shape index (κ1) is 12.2. The van der Waals surface area contributed by atoms with Crippen LogP contribution in [0.2, 0.25) is 0 Å². The standard InChI is InChI=1S/C9H10F3N3O/c10-9(11,12)4-15-7-3-5(13)1-2-6(7)8(14)16/h1-3,15H,4,13H2,(H2,14,16). The molecule has 0 aromatic heterocycles. The largest absolute Gasteiger partial charge is 0.405 e. The molecule has 1 amide bonds. The fourth-order valence-electron chi connectivity index (χ4n) is 1.12. The summed E-state index contributed by atoms with van der Waals surface area (Å²) >= 11 is 0. The van der Waals surface area contributed by atoms with Gasteiger partial charge in [-0.05, 0) is 18.2 Å². The summed E-state index contributed by atoms with van der Waals surface area (Å²) < 4.78 is 35.9. The van der Waals surface area contributed by atoms with Crippen molar-refractivity contribution in [2.24, 2.45) is 5.73 Å². The molecule has 0 atom stereocenters. The van der Waals surface area contributed by atoms with Crippen molar-refractivity contribution in [3.63, 3.8) is 0 Å². The first-order valence-corrected chi connectivity index (χ1v) is 4.29. The summed E-state index contributed by atoms with van der Waals surface area (Å²) in [6.45, 7) is -1.25. The predicted octanol–water partition coefficient (Wildman–Crippen LogP) is 1.34. The molecule has 1 aromatic rings. The van der Waals surface area contributed by atoms with Crippen LogP contribution in [0.4, 0.5) is 24.5 Å². The van der Waals surface area contributed by atoms with Crippen molar-refractivity contribution in [2.45, 2.75) is 6.18 Å². The lowest BCUT2D eigenvalue weighted by molar-refractivity contribution is -0.115. The van der Waals surface area contributed by atoms with Gasteiger partial charge >= 0.3 is 6.18 Å². The van der Waals surface area contributed by atoms with Crippen LogP contribution in [0.3, 0.4) is 0 Å². The molecule has 88 valence electrons. The number of benzene rings is 1. The van der Waals surface area contributed by atoms with E-state index in [-0.39, 0.29) is 16.9 Å². The number of nitrogens with two attached hydrogens (primary N) is 2. The van der Waals surface area contributed by atoms with E-state index in [1.54, 1.807) is 0 Å². The molecule has 4 nitrogen and oxygen atoms in total. The van der Waals surface area contributed by atoms with Crippen LogP contribution in [0, 0.1) is 0 Å². The average Bonchev–Trinajstić information content (AvgIpc) is 2.13. The maximum atomic E-state index is 12.0. The lowest BCUT2D eigenvalue weighted by Crippen LogP contribution is -2.23. The Morgan fingerprint density at radius 1 is 1.38 bits per heavy atom. The lowest BCUT2D eigenvalue weighted by Gasteiger charge is -2.12. The van der Waals surface area contributed by atoms with Gasteiger partial charge in [-0.25, -0.2) is 0 Å². The van der Waals surface area contributed by atoms with Gasteiger partial charge in [0.15, 0.2) is 0 Å². The van der Waals surface area contributed by atoms with Crippen LogP contribution in [0.15, 0.2) is 18.2 Å². The first-order chi connectivity index (χ1) is 7.29. The summed E-state index contributed by atoms with van der Waals surface area (Å²) in [5, 5.41) is 2.07. The van der Waals surface area contributed by atoms with Crippen LogP contribution in [-0.2, 0) is 0 Å². The zero-order valence-electron chi connectivity index (χ0n) is 8.14. The summed E-state index contributed by atoms with van der Waals surface area (Å²) in [6, 6.07) is 3.89. The molecule has 0 fully saturated rings. The summed E-state index contributed by atoms with van der Waals surface area (Å²) in [5.74, 6) is -0.815. The summed E-state index contributed by atoms with van der Waals surface area (Å²) in [5.41, 5.74) is 10.6. The molecule has 0 heterocycles. The van der Waals surface area contributed by atoms with E-state index in [2.05, 4.69) is 5.32 Å². The van der Waals surface area contributed by atoms with Crippen LogP contribution in [0.1, 0.15) is 10.4 Å². The van der Waals surface area contributed by atoms with Crippen molar-refractivity contribution in [3.05, 3.63) is 23.8 Å². The Bertz CT molecular complexity index is 403. The van der Waals surface area contributed by atoms with Crippen molar-refractivity contribution in [1.82, 2.24) is 0 Å². The zero-order chi connectivity index (χ0) is 12.3. The highest BCUT2D eigenvalue weighted by Gasteiger charge is 2.27. The van der Waals surface area contributed by atoms with Gasteiger partial charge in [0.2, 0.25) is 0 Å². The minimum Gasteiger partial charge on any atom is -0.399 e. The number of anilines is 2. The molecule has 16 heavy (non-hydrogen) atoms. The van der Waals surface area contributed by atoms with E-state index < -0.39 is 18.6 Å². The molecule has 0 radical (unpaired) electrons. The summed E-state index contributed by atoms with van der Waals surface area (Å²) in [4.78, 5) is 10.9. The van der Waals surface area contributed by atoms with Gasteiger partial charge in [-0.3, -0.25) is 4.79 Å². The highest BCUT2D eigenvalue weighted by Crippen LogP contribution is 2.21. The quantitative estimate of drug-likeness (QED) is 0.689. The van der Waals surface area contributed by atoms with Crippen LogP contribution >= 0.6 is 0 Å². The van der Waals surface area contributed by atoms with Gasteiger partial charge in [0.1, 0.15) is 6.54 Å². The summed E-state index contributed by atoms with van der Waals surface area (Å²) in [7, 11) is 0. The first-order valence-electron chi connectivity index (χ1n) is 4.29. The van der Waals surface area contributed by atoms with Crippen molar-refractivity contribution < 1.29 is 18.0 Å². The van der Waals surface area contributed by atoms with E-state index in [1.807, 2.05) is 0 Å². The fourth-order valence-corrected chi connectivity index (χ4v) is 1.12. The van der Waals surface area contributed by atoms with Crippen molar-refractivity contribution in [2.75, 3.05) is 17.6 Å². The molecule has 1 rings (SSSR count). The third-order valence-electron chi connectivity index (χ3n) is 1.79. The van der Waals surface area contributed by atoms with Crippen molar-refractivity contribution in [3.8, 4) is 0 Å². The van der Waals surface area contributed by atoms with Gasteiger partial charge < -0.3 is 16.8 Å². The van der Waals surface area contributed by atoms with Gasteiger partial charge in [0, 0.05) is 11.4 Å². The molecule has 0 spiro atoms. The molecule has 0 saturated heterocycles. The van der Waals surface area contributed by atoms with Crippen LogP contribution in [-0.4, -0.2) is 18.6 Å². The van der Waals surface area contributed by atoms with Gasteiger partial charge in [-0.15, -0.1) is 0 Å². The Labute approximate surface area is 89.4 Å². The molecule has 0 aliphatic heterocycles. The van der Waals surface area contributed by atoms with Gasteiger partial charge in [0.25, 0.3) is 5.91 Å². The Balaban J connectivity index is 2.93. The van der Waals surface area contributed by atoms with E-state index in [0.717, 1.165) is 0 Å². The molecule has 1 aromatic carbocycles. The van der Waals surface area contributed by atoms with E-state index >= 15 is 0 Å². The van der Waals surface area contributed by atoms with Gasteiger partial charge in [-0.1, -0.05) is 0 Å². The smallest absolute Gasteiger partial charge is 0.399 e. The zero-order valence-corrected chi connectivity index (χ0v) is 8.14. The number of primary amides is 1. The third-order valence-corrected chi connectivity index (χ3v) is 1.79. The summed E-state index contributed by atoms with van der Waals surface area (Å²) in [6.07, 6.45) is -4.38. The fraction of sp³-hybridized carbons (Fsp3) is 0.222. The van der Waals surface area contributed by atoms with E-state index in [0.29, 0.717) is 0 Å². The van der Waals surface area contributed by atoms with Gasteiger partial charge in [0.05, 0.1) is 5.56 Å². The number of nitrogen functional groups attached to an aromatic ring is 1. The normalized spacial score (nSPS) is 11.2. The highest BCUT2D eigenvalue weighted by atomic mass is 19.4.